The molecule has 0 aromatic heterocycles. The smallest absolute Gasteiger partial charge is 0.216 e. The Morgan fingerprint density at radius 3 is 2.46 bits per heavy atom. The summed E-state index contributed by atoms with van der Waals surface area (Å²) in [5.41, 5.74) is 1.57. The zero-order valence-corrected chi connectivity index (χ0v) is 24.3. The topological polar surface area (TPSA) is 58.6 Å². The lowest BCUT2D eigenvalue weighted by Crippen LogP contribution is -2.58. The molecule has 210 valence electrons. The minimum Gasteiger partial charge on any atom is -0.393 e. The lowest BCUT2D eigenvalue weighted by Gasteiger charge is -2.66. The molecule has 2 bridgehead atoms. The van der Waals surface area contributed by atoms with Gasteiger partial charge in [0.2, 0.25) is 5.91 Å². The van der Waals surface area contributed by atoms with Crippen LogP contribution in [0.25, 0.3) is 0 Å². The molecule has 8 unspecified atom stereocenters. The van der Waals surface area contributed by atoms with E-state index in [9.17, 15) is 9.90 Å². The van der Waals surface area contributed by atoms with Crippen molar-refractivity contribution in [3.05, 3.63) is 0 Å². The van der Waals surface area contributed by atoms with E-state index in [0.717, 1.165) is 43.6 Å². The lowest BCUT2D eigenvalue weighted by atomic mass is 9.39. The Balaban J connectivity index is 1.25. The second-order valence-electron chi connectivity index (χ2n) is 15.9. The summed E-state index contributed by atoms with van der Waals surface area (Å²) in [6.45, 7) is 9.84. The van der Waals surface area contributed by atoms with Gasteiger partial charge in [-0.2, -0.15) is 0 Å². The van der Waals surface area contributed by atoms with Crippen LogP contribution in [0.1, 0.15) is 130 Å². The Morgan fingerprint density at radius 2 is 1.68 bits per heavy atom. The molecular formula is C33H55NO3. The number of ether oxygens (including phenoxy) is 1. The Morgan fingerprint density at radius 1 is 0.919 bits per heavy atom. The van der Waals surface area contributed by atoms with Crippen LogP contribution in [0.15, 0.2) is 0 Å². The highest BCUT2D eigenvalue weighted by Crippen LogP contribution is 2.76. The van der Waals surface area contributed by atoms with Crippen LogP contribution in [-0.2, 0) is 9.53 Å². The van der Waals surface area contributed by atoms with Crippen molar-refractivity contribution in [3.63, 3.8) is 0 Å². The highest BCUT2D eigenvalue weighted by molar-refractivity contribution is 5.72. The number of hydrogen-bond acceptors (Lipinski definition) is 3. The molecule has 4 heteroatoms. The summed E-state index contributed by atoms with van der Waals surface area (Å²) in [6.07, 6.45) is 21.6. The van der Waals surface area contributed by atoms with Crippen LogP contribution in [0.3, 0.4) is 0 Å². The van der Waals surface area contributed by atoms with Crippen molar-refractivity contribution in [2.45, 2.75) is 149 Å². The molecule has 7 fully saturated rings. The van der Waals surface area contributed by atoms with Gasteiger partial charge in [-0.05, 0) is 129 Å². The summed E-state index contributed by atoms with van der Waals surface area (Å²) < 4.78 is 6.87. The summed E-state index contributed by atoms with van der Waals surface area (Å²) in [7, 11) is 0. The van der Waals surface area contributed by atoms with Crippen LogP contribution in [0, 0.1) is 45.3 Å². The van der Waals surface area contributed by atoms with Gasteiger partial charge in [0, 0.05) is 13.5 Å². The van der Waals surface area contributed by atoms with Gasteiger partial charge in [-0.1, -0.05) is 40.0 Å². The quantitative estimate of drug-likeness (QED) is 0.426. The summed E-state index contributed by atoms with van der Waals surface area (Å²) >= 11 is 0. The van der Waals surface area contributed by atoms with Crippen LogP contribution in [0.4, 0.5) is 0 Å². The molecule has 4 nitrogen and oxygen atoms in total. The van der Waals surface area contributed by atoms with Gasteiger partial charge in [0.25, 0.3) is 0 Å². The molecule has 2 N–H and O–H groups in total. The number of carbonyl (C=O) groups excluding carboxylic acids is 1. The number of carbonyl (C=O) groups is 1. The summed E-state index contributed by atoms with van der Waals surface area (Å²) in [6, 6.07) is 0. The molecule has 2 spiro atoms. The summed E-state index contributed by atoms with van der Waals surface area (Å²) in [4.78, 5) is 11.4. The Labute approximate surface area is 226 Å². The van der Waals surface area contributed by atoms with E-state index in [1.807, 2.05) is 0 Å². The van der Waals surface area contributed by atoms with Crippen LogP contribution >= 0.6 is 0 Å². The maximum atomic E-state index is 11.4. The van der Waals surface area contributed by atoms with Gasteiger partial charge in [-0.15, -0.1) is 0 Å². The molecular weight excluding hydrogens is 458 g/mol. The average Bonchev–Trinajstić information content (AvgIpc) is 3.08. The fraction of sp³-hybridized carbons (Fsp3) is 0.970. The second-order valence-corrected chi connectivity index (χ2v) is 15.9. The van der Waals surface area contributed by atoms with Gasteiger partial charge in [-0.25, -0.2) is 0 Å². The van der Waals surface area contributed by atoms with E-state index < -0.39 is 0 Å². The molecule has 1 heterocycles. The van der Waals surface area contributed by atoms with E-state index in [4.69, 9.17) is 4.74 Å². The van der Waals surface area contributed by atoms with Gasteiger partial charge in [0.05, 0.1) is 18.3 Å². The third-order valence-electron chi connectivity index (χ3n) is 13.5. The molecule has 37 heavy (non-hydrogen) atoms. The fourth-order valence-corrected chi connectivity index (χ4v) is 11.9. The van der Waals surface area contributed by atoms with Gasteiger partial charge >= 0.3 is 0 Å². The number of aliphatic hydroxyl groups excluding tert-OH is 1. The van der Waals surface area contributed by atoms with E-state index in [1.54, 1.807) is 6.92 Å². The van der Waals surface area contributed by atoms with E-state index in [0.29, 0.717) is 34.4 Å². The van der Waals surface area contributed by atoms with Gasteiger partial charge in [0.1, 0.15) is 0 Å². The van der Waals surface area contributed by atoms with E-state index in [2.05, 4.69) is 26.1 Å². The van der Waals surface area contributed by atoms with Crippen LogP contribution in [0.2, 0.25) is 0 Å². The van der Waals surface area contributed by atoms with Crippen molar-refractivity contribution in [2.75, 3.05) is 6.54 Å². The molecule has 1 saturated heterocycles. The first-order valence-corrected chi connectivity index (χ1v) is 16.1. The molecule has 7 rings (SSSR count). The maximum Gasteiger partial charge on any atom is 0.216 e. The summed E-state index contributed by atoms with van der Waals surface area (Å²) in [5.74, 6) is 3.11. The molecule has 8 atom stereocenters. The maximum absolute atomic E-state index is 11.4. The first kappa shape index (κ1) is 26.6. The Hall–Kier alpha value is -0.610. The molecule has 1 aliphatic heterocycles. The van der Waals surface area contributed by atoms with Gasteiger partial charge in [-0.3, -0.25) is 4.79 Å². The summed E-state index contributed by atoms with van der Waals surface area (Å²) in [5, 5.41) is 14.1. The third-order valence-corrected chi connectivity index (χ3v) is 13.5. The van der Waals surface area contributed by atoms with Crippen LogP contribution in [0.5, 0.6) is 0 Å². The van der Waals surface area contributed by atoms with E-state index in [1.165, 1.54) is 83.5 Å². The molecule has 6 aliphatic carbocycles. The molecule has 0 aromatic carbocycles. The minimum atomic E-state index is -0.134. The van der Waals surface area contributed by atoms with Crippen molar-refractivity contribution in [1.82, 2.24) is 5.32 Å². The molecule has 7 aliphatic rings. The number of amides is 1. The lowest BCUT2D eigenvalue weighted by molar-refractivity contribution is -0.190. The highest BCUT2D eigenvalue weighted by atomic mass is 16.5. The molecule has 0 radical (unpaired) electrons. The average molecular weight is 514 g/mol. The van der Waals surface area contributed by atoms with E-state index >= 15 is 0 Å². The number of aliphatic hydroxyl groups is 1. The number of nitrogens with one attached hydrogen (secondary N) is 1. The standard InChI is InChI=1S/C33H55NO3/c1-22(35)34-17-13-24-10-9-23-19-31(4)14-5-6-15-32-20-33(21-32)16-7-8-29(36)30(2,3)28(33)12-11-25(32)26(31)18-27(23)37-24/h23-29,36H,5-21H2,1-4H3,(H,34,35). The Bertz CT molecular complexity index is 862. The first-order valence-electron chi connectivity index (χ1n) is 16.1. The zero-order chi connectivity index (χ0) is 26.1. The SMILES string of the molecule is CC(=O)NCCC1CCC2CC3(C)CCCCC45CC6(CCCC(O)C(C)(C)C6CCC4C3CC2O1)C5. The number of fused-ring (bicyclic) bond motifs is 3. The van der Waals surface area contributed by atoms with Gasteiger partial charge < -0.3 is 15.2 Å². The second kappa shape index (κ2) is 9.50. The van der Waals surface area contributed by atoms with Crippen LogP contribution < -0.4 is 5.32 Å². The minimum absolute atomic E-state index is 0.0479. The van der Waals surface area contributed by atoms with Crippen LogP contribution in [-0.4, -0.2) is 35.9 Å². The van der Waals surface area contributed by atoms with Crippen molar-refractivity contribution >= 4 is 5.91 Å². The Kier molecular flexibility index (Phi) is 6.83. The first-order chi connectivity index (χ1) is 17.6. The molecule has 6 saturated carbocycles. The van der Waals surface area contributed by atoms with E-state index in [-0.39, 0.29) is 17.4 Å². The van der Waals surface area contributed by atoms with Crippen molar-refractivity contribution in [3.8, 4) is 0 Å². The predicted molar refractivity (Wildman–Crippen MR) is 148 cm³/mol. The predicted octanol–water partition coefficient (Wildman–Crippen LogP) is 7.03. The monoisotopic (exact) mass is 513 g/mol. The highest BCUT2D eigenvalue weighted by Gasteiger charge is 2.68. The zero-order valence-electron chi connectivity index (χ0n) is 24.3. The normalized spacial score (nSPS) is 50.8. The number of rotatable bonds is 3. The van der Waals surface area contributed by atoms with Crippen molar-refractivity contribution < 1.29 is 14.6 Å². The number of hydrogen-bond donors (Lipinski definition) is 2. The molecule has 1 amide bonds. The third kappa shape index (κ3) is 4.43. The van der Waals surface area contributed by atoms with Crippen molar-refractivity contribution in [1.29, 1.82) is 0 Å². The van der Waals surface area contributed by atoms with Gasteiger partial charge in [0.15, 0.2) is 0 Å². The largest absolute Gasteiger partial charge is 0.393 e. The van der Waals surface area contributed by atoms with Crippen molar-refractivity contribution in [2.24, 2.45) is 45.3 Å². The fourth-order valence-electron chi connectivity index (χ4n) is 11.9. The molecule has 0 aromatic rings.